The minimum absolute atomic E-state index is 0.401. The Morgan fingerprint density at radius 2 is 2.13 bits per heavy atom. The Bertz CT molecular complexity index is 469. The summed E-state index contributed by atoms with van der Waals surface area (Å²) in [6.45, 7) is 2.34. The molecule has 0 aliphatic heterocycles. The fourth-order valence-electron chi connectivity index (χ4n) is 1.33. The van der Waals surface area contributed by atoms with Crippen molar-refractivity contribution in [3.8, 4) is 0 Å². The van der Waals surface area contributed by atoms with Crippen LogP contribution in [0.4, 0.5) is 0 Å². The molecule has 5 heteroatoms. The van der Waals surface area contributed by atoms with Crippen LogP contribution in [0.5, 0.6) is 0 Å². The summed E-state index contributed by atoms with van der Waals surface area (Å²) in [5, 5.41) is 18.6. The molecule has 1 atom stereocenters. The number of halogens is 1. The standard InChI is InChI=1S/C10H12ClN3O/c1-2-8(15)6-14-12-9-4-3-7(11)5-10(9)13-14/h3-5,8,15H,2,6H2,1H3. The molecule has 0 fully saturated rings. The molecule has 2 rings (SSSR count). The number of hydrogen-bond acceptors (Lipinski definition) is 3. The summed E-state index contributed by atoms with van der Waals surface area (Å²) in [6.07, 6.45) is 0.292. The molecule has 80 valence electrons. The van der Waals surface area contributed by atoms with E-state index < -0.39 is 6.10 Å². The summed E-state index contributed by atoms with van der Waals surface area (Å²) in [7, 11) is 0. The van der Waals surface area contributed by atoms with E-state index in [1.165, 1.54) is 4.80 Å². The fourth-order valence-corrected chi connectivity index (χ4v) is 1.50. The van der Waals surface area contributed by atoms with Gasteiger partial charge in [-0.05, 0) is 24.6 Å². The van der Waals surface area contributed by atoms with Gasteiger partial charge in [-0.2, -0.15) is 15.0 Å². The molecular formula is C10H12ClN3O. The first kappa shape index (κ1) is 10.4. The van der Waals surface area contributed by atoms with E-state index in [0.29, 0.717) is 18.0 Å². The molecule has 0 aliphatic rings. The zero-order chi connectivity index (χ0) is 10.8. The zero-order valence-corrected chi connectivity index (χ0v) is 9.15. The lowest BCUT2D eigenvalue weighted by Crippen LogP contribution is -2.16. The minimum Gasteiger partial charge on any atom is -0.391 e. The van der Waals surface area contributed by atoms with Crippen molar-refractivity contribution in [2.24, 2.45) is 0 Å². The summed E-state index contributed by atoms with van der Waals surface area (Å²) in [6, 6.07) is 5.36. The molecule has 1 N–H and O–H groups in total. The summed E-state index contributed by atoms with van der Waals surface area (Å²) in [5.74, 6) is 0. The second kappa shape index (κ2) is 4.16. The van der Waals surface area contributed by atoms with Crippen LogP contribution in [0.3, 0.4) is 0 Å². The predicted octanol–water partition coefficient (Wildman–Crippen LogP) is 1.86. The molecule has 2 aromatic rings. The van der Waals surface area contributed by atoms with E-state index in [1.54, 1.807) is 12.1 Å². The van der Waals surface area contributed by atoms with Crippen LogP contribution >= 0.6 is 11.6 Å². The van der Waals surface area contributed by atoms with Crippen molar-refractivity contribution >= 4 is 22.6 Å². The van der Waals surface area contributed by atoms with Gasteiger partial charge in [0.15, 0.2) is 0 Å². The van der Waals surface area contributed by atoms with E-state index in [9.17, 15) is 5.11 Å². The molecular weight excluding hydrogens is 214 g/mol. The van der Waals surface area contributed by atoms with Gasteiger partial charge in [0.25, 0.3) is 0 Å². The predicted molar refractivity (Wildman–Crippen MR) is 58.8 cm³/mol. The van der Waals surface area contributed by atoms with Crippen molar-refractivity contribution < 1.29 is 5.11 Å². The Kier molecular flexibility index (Phi) is 2.88. The second-order valence-electron chi connectivity index (χ2n) is 3.45. The lowest BCUT2D eigenvalue weighted by molar-refractivity contribution is 0.140. The first-order chi connectivity index (χ1) is 7.19. The molecule has 1 heterocycles. The first-order valence-electron chi connectivity index (χ1n) is 4.87. The fraction of sp³-hybridized carbons (Fsp3) is 0.400. The maximum atomic E-state index is 9.46. The molecule has 1 unspecified atom stereocenters. The molecule has 0 bridgehead atoms. The van der Waals surface area contributed by atoms with E-state index in [4.69, 9.17) is 11.6 Å². The average Bonchev–Trinajstić information content (AvgIpc) is 2.59. The van der Waals surface area contributed by atoms with Gasteiger partial charge in [0.1, 0.15) is 11.0 Å². The molecule has 0 saturated carbocycles. The number of fused-ring (bicyclic) bond motifs is 1. The molecule has 15 heavy (non-hydrogen) atoms. The van der Waals surface area contributed by atoms with Crippen molar-refractivity contribution in [3.63, 3.8) is 0 Å². The lowest BCUT2D eigenvalue weighted by Gasteiger charge is -2.04. The van der Waals surface area contributed by atoms with E-state index in [2.05, 4.69) is 10.2 Å². The van der Waals surface area contributed by atoms with Crippen LogP contribution in [0.25, 0.3) is 11.0 Å². The quantitative estimate of drug-likeness (QED) is 0.868. The van der Waals surface area contributed by atoms with Gasteiger partial charge in [0.2, 0.25) is 0 Å². The van der Waals surface area contributed by atoms with Crippen molar-refractivity contribution in [2.45, 2.75) is 26.0 Å². The Morgan fingerprint density at radius 1 is 1.40 bits per heavy atom. The molecule has 0 spiro atoms. The van der Waals surface area contributed by atoms with Crippen molar-refractivity contribution in [3.05, 3.63) is 23.2 Å². The molecule has 1 aromatic carbocycles. The third-order valence-electron chi connectivity index (χ3n) is 2.23. The molecule has 0 saturated heterocycles. The highest BCUT2D eigenvalue weighted by Gasteiger charge is 2.06. The number of hydrogen-bond donors (Lipinski definition) is 1. The van der Waals surface area contributed by atoms with Gasteiger partial charge >= 0.3 is 0 Å². The van der Waals surface area contributed by atoms with Gasteiger partial charge in [0, 0.05) is 5.02 Å². The highest BCUT2D eigenvalue weighted by molar-refractivity contribution is 6.31. The Morgan fingerprint density at radius 3 is 2.87 bits per heavy atom. The summed E-state index contributed by atoms with van der Waals surface area (Å²) in [4.78, 5) is 1.51. The summed E-state index contributed by atoms with van der Waals surface area (Å²) < 4.78 is 0. The molecule has 4 nitrogen and oxygen atoms in total. The number of aliphatic hydroxyl groups excluding tert-OH is 1. The summed E-state index contributed by atoms with van der Waals surface area (Å²) >= 11 is 5.83. The SMILES string of the molecule is CCC(O)Cn1nc2ccc(Cl)cc2n1. The van der Waals surface area contributed by atoms with Crippen molar-refractivity contribution in [1.82, 2.24) is 15.0 Å². The van der Waals surface area contributed by atoms with Crippen LogP contribution in [0.15, 0.2) is 18.2 Å². The smallest absolute Gasteiger partial charge is 0.114 e. The van der Waals surface area contributed by atoms with Gasteiger partial charge in [0.05, 0.1) is 12.6 Å². The van der Waals surface area contributed by atoms with Crippen LogP contribution in [0.1, 0.15) is 13.3 Å². The average molecular weight is 226 g/mol. The monoisotopic (exact) mass is 225 g/mol. The number of aliphatic hydroxyl groups is 1. The number of nitrogens with zero attached hydrogens (tertiary/aromatic N) is 3. The topological polar surface area (TPSA) is 50.9 Å². The van der Waals surface area contributed by atoms with Gasteiger partial charge in [-0.3, -0.25) is 0 Å². The van der Waals surface area contributed by atoms with Crippen LogP contribution in [0.2, 0.25) is 5.02 Å². The number of rotatable bonds is 3. The van der Waals surface area contributed by atoms with E-state index in [-0.39, 0.29) is 0 Å². The lowest BCUT2D eigenvalue weighted by atomic mass is 10.3. The molecule has 0 amide bonds. The van der Waals surface area contributed by atoms with Crippen LogP contribution < -0.4 is 0 Å². The third-order valence-corrected chi connectivity index (χ3v) is 2.46. The van der Waals surface area contributed by atoms with Gasteiger partial charge in [-0.15, -0.1) is 0 Å². The van der Waals surface area contributed by atoms with Crippen molar-refractivity contribution in [1.29, 1.82) is 0 Å². The third kappa shape index (κ3) is 2.27. The Balaban J connectivity index is 2.30. The van der Waals surface area contributed by atoms with Crippen molar-refractivity contribution in [2.75, 3.05) is 0 Å². The minimum atomic E-state index is -0.401. The maximum absolute atomic E-state index is 9.46. The van der Waals surface area contributed by atoms with Gasteiger partial charge in [-0.1, -0.05) is 18.5 Å². The van der Waals surface area contributed by atoms with E-state index >= 15 is 0 Å². The largest absolute Gasteiger partial charge is 0.391 e. The highest BCUT2D eigenvalue weighted by atomic mass is 35.5. The molecule has 0 aliphatic carbocycles. The highest BCUT2D eigenvalue weighted by Crippen LogP contribution is 2.15. The van der Waals surface area contributed by atoms with Gasteiger partial charge in [-0.25, -0.2) is 0 Å². The van der Waals surface area contributed by atoms with E-state index in [1.807, 2.05) is 13.0 Å². The van der Waals surface area contributed by atoms with Crippen LogP contribution in [-0.2, 0) is 6.54 Å². The van der Waals surface area contributed by atoms with E-state index in [0.717, 1.165) is 11.0 Å². The number of aromatic nitrogens is 3. The normalized spacial score (nSPS) is 13.3. The Labute approximate surface area is 92.5 Å². The second-order valence-corrected chi connectivity index (χ2v) is 3.89. The molecule has 1 aromatic heterocycles. The number of benzene rings is 1. The van der Waals surface area contributed by atoms with Gasteiger partial charge < -0.3 is 5.11 Å². The maximum Gasteiger partial charge on any atom is 0.114 e. The zero-order valence-electron chi connectivity index (χ0n) is 8.39. The van der Waals surface area contributed by atoms with Crippen LogP contribution in [-0.4, -0.2) is 26.2 Å². The Hall–Kier alpha value is -1.13. The van der Waals surface area contributed by atoms with Crippen LogP contribution in [0, 0.1) is 0 Å². The first-order valence-corrected chi connectivity index (χ1v) is 5.25. The summed E-state index contributed by atoms with van der Waals surface area (Å²) in [5.41, 5.74) is 1.55. The molecule has 0 radical (unpaired) electrons.